The summed E-state index contributed by atoms with van der Waals surface area (Å²) in [6.45, 7) is 12.0. The van der Waals surface area contributed by atoms with Crippen molar-refractivity contribution in [3.63, 3.8) is 0 Å². The molecule has 0 atom stereocenters. The van der Waals surface area contributed by atoms with Crippen LogP contribution < -0.4 is 0 Å². The average molecular weight is 286 g/mol. The number of carbonyl (C=O) groups excluding carboxylic acids is 1. The molecular formula is C16H34N2O2. The number of aliphatic hydroxyl groups excluding tert-OH is 1. The van der Waals surface area contributed by atoms with E-state index in [4.69, 9.17) is 5.11 Å². The molecule has 0 bridgehead atoms. The number of hydrogen-bond acceptors (Lipinski definition) is 3. The summed E-state index contributed by atoms with van der Waals surface area (Å²) in [5, 5.41) is 8.74. The minimum absolute atomic E-state index is 0.233. The maximum atomic E-state index is 12.4. The van der Waals surface area contributed by atoms with Gasteiger partial charge < -0.3 is 10.0 Å². The third kappa shape index (κ3) is 10.2. The molecule has 0 radical (unpaired) electrons. The summed E-state index contributed by atoms with van der Waals surface area (Å²) in [4.78, 5) is 16.4. The maximum absolute atomic E-state index is 12.4. The van der Waals surface area contributed by atoms with Crippen molar-refractivity contribution < 1.29 is 9.90 Å². The summed E-state index contributed by atoms with van der Waals surface area (Å²) >= 11 is 0. The number of aliphatic hydroxyl groups is 1. The highest BCUT2D eigenvalue weighted by atomic mass is 16.2. The molecule has 0 aromatic heterocycles. The van der Waals surface area contributed by atoms with Crippen LogP contribution >= 0.6 is 0 Å². The molecule has 0 aromatic carbocycles. The predicted octanol–water partition coefficient (Wildman–Crippen LogP) is 2.22. The molecule has 0 spiro atoms. The second-order valence-corrected chi connectivity index (χ2v) is 6.61. The van der Waals surface area contributed by atoms with Gasteiger partial charge in [-0.3, -0.25) is 9.69 Å². The molecule has 4 nitrogen and oxygen atoms in total. The summed E-state index contributed by atoms with van der Waals surface area (Å²) in [6.07, 6.45) is 2.92. The zero-order chi connectivity index (χ0) is 15.5. The second kappa shape index (κ2) is 11.1. The van der Waals surface area contributed by atoms with E-state index in [2.05, 4.69) is 32.6 Å². The van der Waals surface area contributed by atoms with Gasteiger partial charge in [-0.15, -0.1) is 0 Å². The molecule has 4 heteroatoms. The average Bonchev–Trinajstić information content (AvgIpc) is 2.32. The van der Waals surface area contributed by atoms with Gasteiger partial charge in [0.2, 0.25) is 5.91 Å². The summed E-state index contributed by atoms with van der Waals surface area (Å²) < 4.78 is 0. The van der Waals surface area contributed by atoms with Gasteiger partial charge in [-0.05, 0) is 44.7 Å². The van der Waals surface area contributed by atoms with Crippen LogP contribution in [0, 0.1) is 11.8 Å². The van der Waals surface area contributed by atoms with Crippen LogP contribution in [0.25, 0.3) is 0 Å². The third-order valence-electron chi connectivity index (χ3n) is 3.13. The van der Waals surface area contributed by atoms with E-state index in [9.17, 15) is 4.79 Å². The Morgan fingerprint density at radius 2 is 1.55 bits per heavy atom. The van der Waals surface area contributed by atoms with Crippen LogP contribution in [-0.4, -0.2) is 60.6 Å². The number of nitrogens with zero attached hydrogens (tertiary/aromatic N) is 2. The van der Waals surface area contributed by atoms with Gasteiger partial charge in [-0.25, -0.2) is 0 Å². The van der Waals surface area contributed by atoms with Crippen molar-refractivity contribution in [2.24, 2.45) is 11.8 Å². The van der Waals surface area contributed by atoms with E-state index < -0.39 is 0 Å². The zero-order valence-corrected chi connectivity index (χ0v) is 14.1. The van der Waals surface area contributed by atoms with Crippen LogP contribution in [0.5, 0.6) is 0 Å². The molecule has 0 rings (SSSR count). The lowest BCUT2D eigenvalue weighted by Crippen LogP contribution is -2.42. The van der Waals surface area contributed by atoms with Crippen molar-refractivity contribution in [2.75, 3.05) is 39.8 Å². The molecule has 120 valence electrons. The van der Waals surface area contributed by atoms with Gasteiger partial charge in [0.05, 0.1) is 6.54 Å². The number of amides is 1. The Morgan fingerprint density at radius 1 is 1.00 bits per heavy atom. The van der Waals surface area contributed by atoms with Crippen LogP contribution in [-0.2, 0) is 4.79 Å². The molecule has 0 unspecified atom stereocenters. The van der Waals surface area contributed by atoms with Gasteiger partial charge in [0.1, 0.15) is 0 Å². The van der Waals surface area contributed by atoms with Crippen LogP contribution in [0.3, 0.4) is 0 Å². The lowest BCUT2D eigenvalue weighted by molar-refractivity contribution is -0.133. The number of rotatable bonds is 11. The molecule has 0 aromatic rings. The lowest BCUT2D eigenvalue weighted by Gasteiger charge is -2.28. The van der Waals surface area contributed by atoms with E-state index in [-0.39, 0.29) is 12.5 Å². The fraction of sp³-hybridized carbons (Fsp3) is 0.938. The Kier molecular flexibility index (Phi) is 10.8. The maximum Gasteiger partial charge on any atom is 0.236 e. The Hall–Kier alpha value is -0.610. The SMILES string of the molecule is CC(C)CN(CC(C)C)C(=O)CN(C)CCCCCO. The summed E-state index contributed by atoms with van der Waals surface area (Å²) in [5.41, 5.74) is 0. The van der Waals surface area contributed by atoms with Crippen LogP contribution in [0.2, 0.25) is 0 Å². The number of carbonyl (C=O) groups is 1. The van der Waals surface area contributed by atoms with Crippen molar-refractivity contribution >= 4 is 5.91 Å². The molecule has 0 saturated heterocycles. The Bertz CT molecular complexity index is 245. The molecule has 0 aliphatic carbocycles. The molecule has 0 saturated carbocycles. The van der Waals surface area contributed by atoms with E-state index in [0.717, 1.165) is 38.9 Å². The standard InChI is InChI=1S/C16H34N2O2/c1-14(2)11-18(12-15(3)4)16(20)13-17(5)9-7-6-8-10-19/h14-15,19H,6-13H2,1-5H3. The fourth-order valence-electron chi connectivity index (χ4n) is 2.24. The monoisotopic (exact) mass is 286 g/mol. The van der Waals surface area contributed by atoms with Gasteiger partial charge in [0, 0.05) is 19.7 Å². The van der Waals surface area contributed by atoms with Crippen molar-refractivity contribution in [1.82, 2.24) is 9.80 Å². The topological polar surface area (TPSA) is 43.8 Å². The predicted molar refractivity (Wildman–Crippen MR) is 84.7 cm³/mol. The molecule has 0 fully saturated rings. The summed E-state index contributed by atoms with van der Waals surface area (Å²) in [5.74, 6) is 1.25. The van der Waals surface area contributed by atoms with E-state index >= 15 is 0 Å². The Balaban J connectivity index is 4.15. The van der Waals surface area contributed by atoms with Crippen molar-refractivity contribution in [3.8, 4) is 0 Å². The normalized spacial score (nSPS) is 11.7. The molecule has 20 heavy (non-hydrogen) atoms. The smallest absolute Gasteiger partial charge is 0.236 e. The van der Waals surface area contributed by atoms with E-state index in [0.29, 0.717) is 18.4 Å². The molecule has 1 amide bonds. The highest BCUT2D eigenvalue weighted by Crippen LogP contribution is 2.05. The molecule has 0 aliphatic heterocycles. The second-order valence-electron chi connectivity index (χ2n) is 6.61. The highest BCUT2D eigenvalue weighted by Gasteiger charge is 2.17. The minimum Gasteiger partial charge on any atom is -0.396 e. The largest absolute Gasteiger partial charge is 0.396 e. The number of likely N-dealkylation sites (N-methyl/N-ethyl adjacent to an activating group) is 1. The Labute approximate surface area is 125 Å². The highest BCUT2D eigenvalue weighted by molar-refractivity contribution is 5.78. The molecule has 0 heterocycles. The first-order chi connectivity index (χ1) is 9.36. The van der Waals surface area contributed by atoms with Gasteiger partial charge in [0.25, 0.3) is 0 Å². The van der Waals surface area contributed by atoms with Gasteiger partial charge in [-0.2, -0.15) is 0 Å². The van der Waals surface area contributed by atoms with E-state index in [1.54, 1.807) is 0 Å². The number of hydrogen-bond donors (Lipinski definition) is 1. The quantitative estimate of drug-likeness (QED) is 0.592. The van der Waals surface area contributed by atoms with Crippen LogP contribution in [0.1, 0.15) is 47.0 Å². The van der Waals surface area contributed by atoms with Crippen LogP contribution in [0.15, 0.2) is 0 Å². The molecular weight excluding hydrogens is 252 g/mol. The van der Waals surface area contributed by atoms with Gasteiger partial charge >= 0.3 is 0 Å². The van der Waals surface area contributed by atoms with Crippen molar-refractivity contribution in [2.45, 2.75) is 47.0 Å². The first-order valence-electron chi connectivity index (χ1n) is 7.94. The summed E-state index contributed by atoms with van der Waals surface area (Å²) in [6, 6.07) is 0. The minimum atomic E-state index is 0.233. The van der Waals surface area contributed by atoms with Crippen LogP contribution in [0.4, 0.5) is 0 Å². The van der Waals surface area contributed by atoms with E-state index in [1.807, 2.05) is 11.9 Å². The summed E-state index contributed by atoms with van der Waals surface area (Å²) in [7, 11) is 2.00. The van der Waals surface area contributed by atoms with Gasteiger partial charge in [0.15, 0.2) is 0 Å². The molecule has 1 N–H and O–H groups in total. The van der Waals surface area contributed by atoms with E-state index in [1.165, 1.54) is 0 Å². The number of unbranched alkanes of at least 4 members (excludes halogenated alkanes) is 2. The Morgan fingerprint density at radius 3 is 2.00 bits per heavy atom. The first-order valence-corrected chi connectivity index (χ1v) is 7.94. The van der Waals surface area contributed by atoms with Gasteiger partial charge in [-0.1, -0.05) is 27.7 Å². The fourth-order valence-corrected chi connectivity index (χ4v) is 2.24. The third-order valence-corrected chi connectivity index (χ3v) is 3.13. The van der Waals surface area contributed by atoms with Crippen molar-refractivity contribution in [1.29, 1.82) is 0 Å². The van der Waals surface area contributed by atoms with Crippen molar-refractivity contribution in [3.05, 3.63) is 0 Å². The first kappa shape index (κ1) is 19.4. The zero-order valence-electron chi connectivity index (χ0n) is 14.1. The lowest BCUT2D eigenvalue weighted by atomic mass is 10.1. The molecule has 0 aliphatic rings.